The zero-order valence-corrected chi connectivity index (χ0v) is 12.3. The molecule has 1 fully saturated rings. The molecule has 2 nitrogen and oxygen atoms in total. The molecule has 1 aliphatic carbocycles. The Balaban J connectivity index is 2.38. The first kappa shape index (κ1) is 15.5. The van der Waals surface area contributed by atoms with Crippen LogP contribution < -0.4 is 11.1 Å². The molecule has 0 bridgehead atoms. The summed E-state index contributed by atoms with van der Waals surface area (Å²) in [6.07, 6.45) is 11.4. The van der Waals surface area contributed by atoms with Crippen molar-refractivity contribution in [2.45, 2.75) is 58.9 Å². The normalized spacial score (nSPS) is 26.6. The highest BCUT2D eigenvalue weighted by molar-refractivity contribution is 4.88. The van der Waals surface area contributed by atoms with E-state index in [9.17, 15) is 0 Å². The summed E-state index contributed by atoms with van der Waals surface area (Å²) in [7, 11) is 0. The highest BCUT2D eigenvalue weighted by atomic mass is 14.9. The number of terminal acetylenes is 1. The number of nitrogens with one attached hydrogen (secondary N) is 1. The van der Waals surface area contributed by atoms with Gasteiger partial charge in [-0.15, -0.1) is 12.3 Å². The van der Waals surface area contributed by atoms with E-state index in [1.54, 1.807) is 0 Å². The third-order valence-electron chi connectivity index (χ3n) is 4.50. The second kappa shape index (κ2) is 7.16. The molecule has 0 amide bonds. The molecule has 1 atom stereocenters. The highest BCUT2D eigenvalue weighted by Crippen LogP contribution is 2.40. The second-order valence-electron chi connectivity index (χ2n) is 6.73. The van der Waals surface area contributed by atoms with E-state index in [4.69, 9.17) is 12.2 Å². The van der Waals surface area contributed by atoms with E-state index < -0.39 is 0 Å². The largest absolute Gasteiger partial charge is 0.329 e. The fourth-order valence-corrected chi connectivity index (χ4v) is 3.16. The molecule has 1 saturated carbocycles. The predicted octanol–water partition coefficient (Wildman–Crippen LogP) is 2.78. The molecule has 0 aromatic heterocycles. The lowest BCUT2D eigenvalue weighted by Crippen LogP contribution is -2.44. The first-order chi connectivity index (χ1) is 8.49. The summed E-state index contributed by atoms with van der Waals surface area (Å²) in [5.74, 6) is 4.29. The Morgan fingerprint density at radius 3 is 2.33 bits per heavy atom. The standard InChI is InChI=1S/C16H30N2/c1-5-6-11-18-15(12-17)13-7-9-14(10-8-13)16(2,3)4/h1,13-15,18H,6-12,17H2,2-4H3. The Labute approximate surface area is 113 Å². The molecule has 0 aliphatic heterocycles. The molecule has 1 rings (SSSR count). The summed E-state index contributed by atoms with van der Waals surface area (Å²) in [6.45, 7) is 8.73. The lowest BCUT2D eigenvalue weighted by atomic mass is 9.68. The van der Waals surface area contributed by atoms with Gasteiger partial charge >= 0.3 is 0 Å². The van der Waals surface area contributed by atoms with E-state index in [1.807, 2.05) is 0 Å². The van der Waals surface area contributed by atoms with Crippen LogP contribution in [0.5, 0.6) is 0 Å². The van der Waals surface area contributed by atoms with Crippen LogP contribution in [0.1, 0.15) is 52.9 Å². The maximum atomic E-state index is 5.89. The minimum absolute atomic E-state index is 0.458. The third-order valence-corrected chi connectivity index (χ3v) is 4.50. The van der Waals surface area contributed by atoms with Crippen LogP contribution in [0.3, 0.4) is 0 Å². The van der Waals surface area contributed by atoms with Gasteiger partial charge in [0.2, 0.25) is 0 Å². The van der Waals surface area contributed by atoms with Crippen molar-refractivity contribution in [2.75, 3.05) is 13.1 Å². The van der Waals surface area contributed by atoms with Crippen molar-refractivity contribution in [3.8, 4) is 12.3 Å². The van der Waals surface area contributed by atoms with Gasteiger partial charge in [0.25, 0.3) is 0 Å². The van der Waals surface area contributed by atoms with Crippen LogP contribution >= 0.6 is 0 Å². The van der Waals surface area contributed by atoms with E-state index in [0.717, 1.165) is 31.3 Å². The van der Waals surface area contributed by atoms with Gasteiger partial charge in [0.1, 0.15) is 0 Å². The van der Waals surface area contributed by atoms with Gasteiger partial charge in [-0.1, -0.05) is 20.8 Å². The number of hydrogen-bond acceptors (Lipinski definition) is 2. The van der Waals surface area contributed by atoms with Gasteiger partial charge in [0.05, 0.1) is 0 Å². The van der Waals surface area contributed by atoms with E-state index >= 15 is 0 Å². The Hall–Kier alpha value is -0.520. The average Bonchev–Trinajstić information content (AvgIpc) is 2.34. The molecule has 2 heteroatoms. The van der Waals surface area contributed by atoms with Crippen molar-refractivity contribution < 1.29 is 0 Å². The topological polar surface area (TPSA) is 38.0 Å². The van der Waals surface area contributed by atoms with E-state index in [-0.39, 0.29) is 0 Å². The van der Waals surface area contributed by atoms with Crippen molar-refractivity contribution in [1.29, 1.82) is 0 Å². The SMILES string of the molecule is C#CCCNC(CN)C1CCC(C(C)(C)C)CC1. The third kappa shape index (κ3) is 4.63. The molecule has 1 aliphatic rings. The Morgan fingerprint density at radius 1 is 1.28 bits per heavy atom. The molecule has 0 aromatic carbocycles. The number of nitrogens with two attached hydrogens (primary N) is 1. The minimum Gasteiger partial charge on any atom is -0.329 e. The smallest absolute Gasteiger partial charge is 0.0218 e. The number of rotatable bonds is 5. The van der Waals surface area contributed by atoms with Gasteiger partial charge in [-0.2, -0.15) is 0 Å². The van der Waals surface area contributed by atoms with Crippen LogP contribution in [0.25, 0.3) is 0 Å². The zero-order chi connectivity index (χ0) is 13.6. The van der Waals surface area contributed by atoms with Crippen molar-refractivity contribution >= 4 is 0 Å². The molecule has 0 spiro atoms. The predicted molar refractivity (Wildman–Crippen MR) is 79.2 cm³/mol. The van der Waals surface area contributed by atoms with Gasteiger partial charge in [-0.3, -0.25) is 0 Å². The van der Waals surface area contributed by atoms with Crippen LogP contribution in [0, 0.1) is 29.6 Å². The van der Waals surface area contributed by atoms with Gasteiger partial charge in [-0.05, 0) is 42.9 Å². The summed E-state index contributed by atoms with van der Waals surface area (Å²) in [5.41, 5.74) is 6.35. The molecule has 0 saturated heterocycles. The van der Waals surface area contributed by atoms with E-state index in [1.165, 1.54) is 25.7 Å². The molecular formula is C16H30N2. The van der Waals surface area contributed by atoms with Gasteiger partial charge in [0, 0.05) is 25.6 Å². The first-order valence-electron chi connectivity index (χ1n) is 7.36. The minimum atomic E-state index is 0.458. The molecule has 0 heterocycles. The maximum Gasteiger partial charge on any atom is 0.0218 e. The van der Waals surface area contributed by atoms with Crippen LogP contribution in [0.4, 0.5) is 0 Å². The maximum absolute atomic E-state index is 5.89. The molecule has 104 valence electrons. The molecule has 3 N–H and O–H groups in total. The molecule has 1 unspecified atom stereocenters. The first-order valence-corrected chi connectivity index (χ1v) is 7.36. The monoisotopic (exact) mass is 250 g/mol. The highest BCUT2D eigenvalue weighted by Gasteiger charge is 2.32. The fraction of sp³-hybridized carbons (Fsp3) is 0.875. The quantitative estimate of drug-likeness (QED) is 0.581. The molecule has 0 radical (unpaired) electrons. The van der Waals surface area contributed by atoms with Gasteiger partial charge in [0.15, 0.2) is 0 Å². The van der Waals surface area contributed by atoms with Crippen LogP contribution in [0.2, 0.25) is 0 Å². The van der Waals surface area contributed by atoms with Crippen molar-refractivity contribution in [3.63, 3.8) is 0 Å². The van der Waals surface area contributed by atoms with E-state index in [0.29, 0.717) is 11.5 Å². The summed E-state index contributed by atoms with van der Waals surface area (Å²) >= 11 is 0. The van der Waals surface area contributed by atoms with Crippen molar-refractivity contribution in [3.05, 3.63) is 0 Å². The molecular weight excluding hydrogens is 220 g/mol. The van der Waals surface area contributed by atoms with Crippen molar-refractivity contribution in [1.82, 2.24) is 5.32 Å². The number of hydrogen-bond donors (Lipinski definition) is 2. The fourth-order valence-electron chi connectivity index (χ4n) is 3.16. The van der Waals surface area contributed by atoms with Crippen LogP contribution in [-0.4, -0.2) is 19.1 Å². The summed E-state index contributed by atoms with van der Waals surface area (Å²) in [6, 6.07) is 0.458. The lowest BCUT2D eigenvalue weighted by Gasteiger charge is -2.39. The summed E-state index contributed by atoms with van der Waals surface area (Å²) < 4.78 is 0. The Kier molecular flexibility index (Phi) is 6.18. The van der Waals surface area contributed by atoms with E-state index in [2.05, 4.69) is 32.0 Å². The van der Waals surface area contributed by atoms with Gasteiger partial charge < -0.3 is 11.1 Å². The lowest BCUT2D eigenvalue weighted by molar-refractivity contribution is 0.134. The van der Waals surface area contributed by atoms with Crippen molar-refractivity contribution in [2.24, 2.45) is 23.0 Å². The van der Waals surface area contributed by atoms with Gasteiger partial charge in [-0.25, -0.2) is 0 Å². The second-order valence-corrected chi connectivity index (χ2v) is 6.73. The summed E-state index contributed by atoms with van der Waals surface area (Å²) in [5, 5.41) is 3.53. The van der Waals surface area contributed by atoms with Crippen LogP contribution in [-0.2, 0) is 0 Å². The molecule has 0 aromatic rings. The summed E-state index contributed by atoms with van der Waals surface area (Å²) in [4.78, 5) is 0. The average molecular weight is 250 g/mol. The zero-order valence-electron chi connectivity index (χ0n) is 12.3. The Bertz CT molecular complexity index is 264. The van der Waals surface area contributed by atoms with Crippen LogP contribution in [0.15, 0.2) is 0 Å². The Morgan fingerprint density at radius 2 is 1.89 bits per heavy atom. The molecule has 18 heavy (non-hydrogen) atoms.